The standard InChI is InChI=1S/C24H29N3O4S/c1-18-9-13-27(14-10-18)32(29,30)21-7-8-22-19(15-21)11-12-26(22)17-24(28)25-16-20-5-3-4-6-23(20)31-2/h3-8,11-12,15,18H,9-10,13-14,16-17H2,1-2H3,(H,25,28). The topological polar surface area (TPSA) is 80.6 Å². The molecule has 1 N–H and O–H groups in total. The van der Waals surface area contributed by atoms with E-state index in [0.717, 1.165) is 35.1 Å². The number of benzene rings is 2. The van der Waals surface area contributed by atoms with E-state index in [1.54, 1.807) is 29.6 Å². The molecule has 0 atom stereocenters. The lowest BCUT2D eigenvalue weighted by atomic mass is 10.0. The first-order valence-electron chi connectivity index (χ1n) is 10.9. The van der Waals surface area contributed by atoms with Gasteiger partial charge in [0.05, 0.1) is 12.0 Å². The van der Waals surface area contributed by atoms with Crippen LogP contribution in [0, 0.1) is 5.92 Å². The van der Waals surface area contributed by atoms with Crippen LogP contribution >= 0.6 is 0 Å². The van der Waals surface area contributed by atoms with Crippen molar-refractivity contribution >= 4 is 26.8 Å². The quantitative estimate of drug-likeness (QED) is 0.592. The van der Waals surface area contributed by atoms with Gasteiger partial charge in [-0.1, -0.05) is 25.1 Å². The average molecular weight is 456 g/mol. The molecule has 0 radical (unpaired) electrons. The van der Waals surface area contributed by atoms with Crippen LogP contribution in [0.1, 0.15) is 25.3 Å². The summed E-state index contributed by atoms with van der Waals surface area (Å²) in [4.78, 5) is 12.8. The summed E-state index contributed by atoms with van der Waals surface area (Å²) in [6.07, 6.45) is 3.59. The zero-order valence-corrected chi connectivity index (χ0v) is 19.3. The molecule has 0 spiro atoms. The number of carbonyl (C=O) groups is 1. The summed E-state index contributed by atoms with van der Waals surface area (Å²) >= 11 is 0. The Balaban J connectivity index is 1.45. The van der Waals surface area contributed by atoms with Crippen LogP contribution < -0.4 is 10.1 Å². The van der Waals surface area contributed by atoms with Gasteiger partial charge in [0, 0.05) is 42.3 Å². The molecular formula is C24H29N3O4S. The highest BCUT2D eigenvalue weighted by atomic mass is 32.2. The van der Waals surface area contributed by atoms with Gasteiger partial charge in [0.2, 0.25) is 15.9 Å². The zero-order valence-electron chi connectivity index (χ0n) is 18.5. The lowest BCUT2D eigenvalue weighted by Crippen LogP contribution is -2.37. The lowest BCUT2D eigenvalue weighted by molar-refractivity contribution is -0.121. The highest BCUT2D eigenvalue weighted by Crippen LogP contribution is 2.26. The summed E-state index contributed by atoms with van der Waals surface area (Å²) in [7, 11) is -1.90. The minimum Gasteiger partial charge on any atom is -0.496 e. The van der Waals surface area contributed by atoms with Gasteiger partial charge >= 0.3 is 0 Å². The number of sulfonamides is 1. The smallest absolute Gasteiger partial charge is 0.243 e. The van der Waals surface area contributed by atoms with E-state index in [4.69, 9.17) is 4.74 Å². The predicted octanol–water partition coefficient (Wildman–Crippen LogP) is 3.39. The molecule has 1 aliphatic heterocycles. The van der Waals surface area contributed by atoms with E-state index in [1.165, 1.54) is 0 Å². The van der Waals surface area contributed by atoms with E-state index in [0.29, 0.717) is 30.4 Å². The van der Waals surface area contributed by atoms with Gasteiger partial charge in [-0.15, -0.1) is 0 Å². The summed E-state index contributed by atoms with van der Waals surface area (Å²) < 4.78 is 34.8. The Morgan fingerprint density at radius 3 is 2.62 bits per heavy atom. The number of hydrogen-bond donors (Lipinski definition) is 1. The van der Waals surface area contributed by atoms with Crippen LogP contribution in [0.25, 0.3) is 10.9 Å². The Morgan fingerprint density at radius 1 is 1.12 bits per heavy atom. The van der Waals surface area contributed by atoms with Gasteiger partial charge in [-0.3, -0.25) is 4.79 Å². The maximum atomic E-state index is 13.0. The number of aromatic nitrogens is 1. The van der Waals surface area contributed by atoms with Gasteiger partial charge in [0.1, 0.15) is 12.3 Å². The van der Waals surface area contributed by atoms with Crippen LogP contribution in [0.5, 0.6) is 5.75 Å². The van der Waals surface area contributed by atoms with Crippen molar-refractivity contribution in [2.45, 2.75) is 37.8 Å². The predicted molar refractivity (Wildman–Crippen MR) is 124 cm³/mol. The first-order chi connectivity index (χ1) is 15.4. The van der Waals surface area contributed by atoms with Crippen molar-refractivity contribution in [1.82, 2.24) is 14.2 Å². The van der Waals surface area contributed by atoms with Crippen molar-refractivity contribution in [1.29, 1.82) is 0 Å². The third kappa shape index (κ3) is 4.66. The minimum atomic E-state index is -3.50. The van der Waals surface area contributed by atoms with Crippen molar-refractivity contribution in [3.05, 3.63) is 60.3 Å². The number of fused-ring (bicyclic) bond motifs is 1. The molecule has 0 bridgehead atoms. The van der Waals surface area contributed by atoms with E-state index in [2.05, 4.69) is 12.2 Å². The third-order valence-corrected chi connectivity index (χ3v) is 8.00. The second kappa shape index (κ2) is 9.34. The van der Waals surface area contributed by atoms with Crippen molar-refractivity contribution < 1.29 is 17.9 Å². The van der Waals surface area contributed by atoms with E-state index in [-0.39, 0.29) is 12.5 Å². The molecule has 0 unspecified atom stereocenters. The summed E-state index contributed by atoms with van der Waals surface area (Å²) in [6, 6.07) is 14.5. The fourth-order valence-corrected chi connectivity index (χ4v) is 5.61. The number of nitrogens with zero attached hydrogens (tertiary/aromatic N) is 2. The molecule has 7 nitrogen and oxygen atoms in total. The Hall–Kier alpha value is -2.84. The van der Waals surface area contributed by atoms with Crippen LogP contribution in [0.15, 0.2) is 59.6 Å². The molecule has 170 valence electrons. The van der Waals surface area contributed by atoms with Gasteiger partial charge in [-0.2, -0.15) is 4.31 Å². The number of ether oxygens (including phenoxy) is 1. The van der Waals surface area contributed by atoms with Crippen molar-refractivity contribution in [3.8, 4) is 5.75 Å². The van der Waals surface area contributed by atoms with Crippen LogP contribution in [-0.4, -0.2) is 43.4 Å². The van der Waals surface area contributed by atoms with Crippen molar-refractivity contribution in [2.75, 3.05) is 20.2 Å². The first-order valence-corrected chi connectivity index (χ1v) is 12.3. The molecule has 3 aromatic rings. The summed E-state index contributed by atoms with van der Waals surface area (Å²) in [6.45, 7) is 3.81. The second-order valence-corrected chi connectivity index (χ2v) is 10.3. The maximum Gasteiger partial charge on any atom is 0.243 e. The molecule has 1 aromatic heterocycles. The number of piperidine rings is 1. The molecule has 2 aromatic carbocycles. The van der Waals surface area contributed by atoms with Crippen LogP contribution in [0.2, 0.25) is 0 Å². The maximum absolute atomic E-state index is 13.0. The number of para-hydroxylation sites is 1. The number of methoxy groups -OCH3 is 1. The molecule has 1 amide bonds. The molecule has 0 aliphatic carbocycles. The van der Waals surface area contributed by atoms with Crippen LogP contribution in [-0.2, 0) is 27.9 Å². The highest BCUT2D eigenvalue weighted by Gasteiger charge is 2.28. The molecule has 0 saturated carbocycles. The third-order valence-electron chi connectivity index (χ3n) is 6.11. The monoisotopic (exact) mass is 455 g/mol. The SMILES string of the molecule is COc1ccccc1CNC(=O)Cn1ccc2cc(S(=O)(=O)N3CCC(C)CC3)ccc21. The molecule has 1 saturated heterocycles. The van der Waals surface area contributed by atoms with Gasteiger partial charge < -0.3 is 14.6 Å². The van der Waals surface area contributed by atoms with Gasteiger partial charge in [0.15, 0.2) is 0 Å². The van der Waals surface area contributed by atoms with Gasteiger partial charge in [-0.25, -0.2) is 8.42 Å². The number of nitrogens with one attached hydrogen (secondary N) is 1. The molecule has 1 fully saturated rings. The van der Waals surface area contributed by atoms with Crippen molar-refractivity contribution in [3.63, 3.8) is 0 Å². The Bertz CT molecular complexity index is 1210. The summed E-state index contributed by atoms with van der Waals surface area (Å²) in [5.74, 6) is 1.16. The average Bonchev–Trinajstić information content (AvgIpc) is 3.20. The van der Waals surface area contributed by atoms with Gasteiger partial charge in [0.25, 0.3) is 0 Å². The molecule has 8 heteroatoms. The van der Waals surface area contributed by atoms with Gasteiger partial charge in [-0.05, 0) is 49.1 Å². The zero-order chi connectivity index (χ0) is 22.7. The molecule has 2 heterocycles. The fourth-order valence-electron chi connectivity index (χ4n) is 4.10. The molecular weight excluding hydrogens is 426 g/mol. The molecule has 4 rings (SSSR count). The summed E-state index contributed by atoms with van der Waals surface area (Å²) in [5.41, 5.74) is 1.73. The van der Waals surface area contributed by atoms with E-state index < -0.39 is 10.0 Å². The number of amides is 1. The normalized spacial score (nSPS) is 15.7. The lowest BCUT2D eigenvalue weighted by Gasteiger charge is -2.29. The second-order valence-electron chi connectivity index (χ2n) is 8.34. The van der Waals surface area contributed by atoms with Crippen LogP contribution in [0.3, 0.4) is 0 Å². The van der Waals surface area contributed by atoms with E-state index >= 15 is 0 Å². The Morgan fingerprint density at radius 2 is 1.88 bits per heavy atom. The van der Waals surface area contributed by atoms with Crippen LogP contribution in [0.4, 0.5) is 0 Å². The Labute approximate surface area is 189 Å². The first kappa shape index (κ1) is 22.4. The fraction of sp³-hybridized carbons (Fsp3) is 0.375. The number of carbonyl (C=O) groups excluding carboxylic acids is 1. The molecule has 1 aliphatic rings. The van der Waals surface area contributed by atoms with E-state index in [1.807, 2.05) is 41.1 Å². The number of rotatable bonds is 7. The van der Waals surface area contributed by atoms with E-state index in [9.17, 15) is 13.2 Å². The summed E-state index contributed by atoms with van der Waals surface area (Å²) in [5, 5.41) is 3.72. The Kier molecular flexibility index (Phi) is 6.53. The van der Waals surface area contributed by atoms with Crippen molar-refractivity contribution in [2.24, 2.45) is 5.92 Å². The molecule has 32 heavy (non-hydrogen) atoms. The minimum absolute atomic E-state index is 0.132. The largest absolute Gasteiger partial charge is 0.496 e. The number of hydrogen-bond acceptors (Lipinski definition) is 4. The highest BCUT2D eigenvalue weighted by molar-refractivity contribution is 7.89.